The molecule has 0 fully saturated rings. The van der Waals surface area contributed by atoms with Crippen LogP contribution in [-0.4, -0.2) is 43.6 Å². The maximum Gasteiger partial charge on any atom is 0.359 e. The zero-order valence-corrected chi connectivity index (χ0v) is 16.3. The molecule has 3 heterocycles. The summed E-state index contributed by atoms with van der Waals surface area (Å²) in [5.41, 5.74) is 4.91. The first kappa shape index (κ1) is 18.4. The van der Waals surface area contributed by atoms with Crippen molar-refractivity contribution in [3.63, 3.8) is 0 Å². The molecule has 0 N–H and O–H groups in total. The third-order valence-electron chi connectivity index (χ3n) is 5.02. The summed E-state index contributed by atoms with van der Waals surface area (Å²) in [6.45, 7) is 5.24. The van der Waals surface area contributed by atoms with Crippen molar-refractivity contribution in [3.8, 4) is 0 Å². The van der Waals surface area contributed by atoms with Crippen LogP contribution in [0.2, 0.25) is 0 Å². The average Bonchev–Trinajstić information content (AvgIpc) is 3.26. The van der Waals surface area contributed by atoms with Crippen LogP contribution in [0, 0.1) is 0 Å². The molecule has 146 valence electrons. The third-order valence-corrected chi connectivity index (χ3v) is 5.02. The Balaban J connectivity index is 1.61. The summed E-state index contributed by atoms with van der Waals surface area (Å²) < 4.78 is 9.05. The predicted octanol–water partition coefficient (Wildman–Crippen LogP) is 2.40. The Hall–Kier alpha value is -2.93. The molecule has 0 saturated carbocycles. The van der Waals surface area contributed by atoms with Crippen molar-refractivity contribution in [2.45, 2.75) is 33.0 Å². The number of hydrogen-bond acceptors (Lipinski definition) is 5. The Kier molecular flexibility index (Phi) is 5.25. The average molecular weight is 379 g/mol. The van der Waals surface area contributed by atoms with Gasteiger partial charge in [-0.25, -0.2) is 4.79 Å². The first-order chi connectivity index (χ1) is 13.6. The molecule has 0 radical (unpaired) electrons. The number of aromatic nitrogens is 4. The summed E-state index contributed by atoms with van der Waals surface area (Å²) in [5, 5.41) is 8.90. The van der Waals surface area contributed by atoms with Crippen LogP contribution in [0.4, 0.5) is 0 Å². The van der Waals surface area contributed by atoms with Crippen LogP contribution >= 0.6 is 0 Å². The van der Waals surface area contributed by atoms with E-state index in [2.05, 4.69) is 27.2 Å². The minimum atomic E-state index is -0.339. The van der Waals surface area contributed by atoms with E-state index in [9.17, 15) is 4.79 Å². The highest BCUT2D eigenvalue weighted by Gasteiger charge is 2.29. The van der Waals surface area contributed by atoms with Gasteiger partial charge in [-0.3, -0.25) is 14.3 Å². The normalized spacial score (nSPS) is 14.1. The smallest absolute Gasteiger partial charge is 0.359 e. The van der Waals surface area contributed by atoms with Crippen LogP contribution in [-0.2, 0) is 37.8 Å². The Morgan fingerprint density at radius 1 is 1.18 bits per heavy atom. The fraction of sp³-hybridized carbons (Fsp3) is 0.381. The van der Waals surface area contributed by atoms with Crippen molar-refractivity contribution >= 4 is 5.97 Å². The second kappa shape index (κ2) is 7.98. The molecule has 7 heteroatoms. The molecule has 1 aliphatic rings. The summed E-state index contributed by atoms with van der Waals surface area (Å²) >= 11 is 0. The zero-order chi connectivity index (χ0) is 19.5. The maximum absolute atomic E-state index is 12.5. The SMILES string of the molecule is CCOC(=O)c1nn(Cc2ccccc2)c2c1CN(Cc1cnn(C)c1)CC2. The largest absolute Gasteiger partial charge is 0.461 e. The van der Waals surface area contributed by atoms with E-state index in [-0.39, 0.29) is 5.97 Å². The lowest BCUT2D eigenvalue weighted by atomic mass is 10.0. The Morgan fingerprint density at radius 2 is 2.00 bits per heavy atom. The van der Waals surface area contributed by atoms with Gasteiger partial charge in [0, 0.05) is 56.1 Å². The molecule has 28 heavy (non-hydrogen) atoms. The van der Waals surface area contributed by atoms with Crippen molar-refractivity contribution in [2.24, 2.45) is 7.05 Å². The Morgan fingerprint density at radius 3 is 2.71 bits per heavy atom. The zero-order valence-electron chi connectivity index (χ0n) is 16.3. The lowest BCUT2D eigenvalue weighted by molar-refractivity contribution is 0.0515. The minimum absolute atomic E-state index is 0.339. The van der Waals surface area contributed by atoms with Gasteiger partial charge in [0.2, 0.25) is 0 Å². The van der Waals surface area contributed by atoms with Gasteiger partial charge < -0.3 is 4.74 Å². The number of carbonyl (C=O) groups excluding carboxylic acids is 1. The number of benzene rings is 1. The molecule has 1 aromatic carbocycles. The summed E-state index contributed by atoms with van der Waals surface area (Å²) in [6, 6.07) is 10.2. The first-order valence-electron chi connectivity index (χ1n) is 9.63. The van der Waals surface area contributed by atoms with E-state index in [4.69, 9.17) is 4.74 Å². The van der Waals surface area contributed by atoms with Gasteiger partial charge in [-0.2, -0.15) is 10.2 Å². The molecule has 2 aromatic heterocycles. The highest BCUT2D eigenvalue weighted by Crippen LogP contribution is 2.25. The van der Waals surface area contributed by atoms with E-state index in [1.165, 1.54) is 11.1 Å². The van der Waals surface area contributed by atoms with E-state index in [0.29, 0.717) is 25.4 Å². The quantitative estimate of drug-likeness (QED) is 0.616. The van der Waals surface area contributed by atoms with Crippen LogP contribution < -0.4 is 0 Å². The Bertz CT molecular complexity index is 961. The van der Waals surface area contributed by atoms with Gasteiger partial charge in [-0.1, -0.05) is 30.3 Å². The van der Waals surface area contributed by atoms with Gasteiger partial charge in [0.15, 0.2) is 5.69 Å². The number of esters is 1. The molecule has 7 nitrogen and oxygen atoms in total. The fourth-order valence-corrected chi connectivity index (χ4v) is 3.74. The van der Waals surface area contributed by atoms with E-state index < -0.39 is 0 Å². The van der Waals surface area contributed by atoms with Crippen LogP contribution in [0.5, 0.6) is 0 Å². The highest BCUT2D eigenvalue weighted by atomic mass is 16.5. The number of rotatable bonds is 6. The molecule has 0 unspecified atom stereocenters. The Labute approximate surface area is 164 Å². The summed E-state index contributed by atoms with van der Waals surface area (Å²) in [7, 11) is 1.92. The standard InChI is InChI=1S/C21H25N5O2/c1-3-28-21(27)20-18-15-25(13-17-11-22-24(2)12-17)10-9-19(18)26(23-20)14-16-7-5-4-6-8-16/h4-8,11-12H,3,9-10,13-15H2,1-2H3. The molecule has 4 rings (SSSR count). The van der Waals surface area contributed by atoms with E-state index >= 15 is 0 Å². The van der Waals surface area contributed by atoms with Crippen molar-refractivity contribution in [1.82, 2.24) is 24.5 Å². The summed E-state index contributed by atoms with van der Waals surface area (Å²) in [4.78, 5) is 14.9. The molecule has 0 amide bonds. The number of aryl methyl sites for hydroxylation is 1. The van der Waals surface area contributed by atoms with Gasteiger partial charge >= 0.3 is 5.97 Å². The van der Waals surface area contributed by atoms with Crippen LogP contribution in [0.25, 0.3) is 0 Å². The molecule has 0 aliphatic carbocycles. The van der Waals surface area contributed by atoms with Crippen LogP contribution in [0.3, 0.4) is 0 Å². The molecule has 0 saturated heterocycles. The minimum Gasteiger partial charge on any atom is -0.461 e. The first-order valence-corrected chi connectivity index (χ1v) is 9.63. The second-order valence-corrected chi connectivity index (χ2v) is 7.12. The third kappa shape index (κ3) is 3.84. The van der Waals surface area contributed by atoms with Crippen molar-refractivity contribution in [1.29, 1.82) is 0 Å². The lowest BCUT2D eigenvalue weighted by Gasteiger charge is -2.27. The van der Waals surface area contributed by atoms with E-state index in [1.54, 1.807) is 0 Å². The molecule has 1 aliphatic heterocycles. The number of carbonyl (C=O) groups is 1. The van der Waals surface area contributed by atoms with Crippen LogP contribution in [0.1, 0.15) is 39.8 Å². The van der Waals surface area contributed by atoms with Gasteiger partial charge in [0.25, 0.3) is 0 Å². The summed E-state index contributed by atoms with van der Waals surface area (Å²) in [5.74, 6) is -0.339. The number of nitrogens with zero attached hydrogens (tertiary/aromatic N) is 5. The molecule has 0 atom stereocenters. The second-order valence-electron chi connectivity index (χ2n) is 7.12. The predicted molar refractivity (Wildman–Crippen MR) is 105 cm³/mol. The van der Waals surface area contributed by atoms with E-state index in [1.807, 2.05) is 53.9 Å². The molecule has 0 bridgehead atoms. The summed E-state index contributed by atoms with van der Waals surface area (Å²) in [6.07, 6.45) is 4.77. The van der Waals surface area contributed by atoms with Crippen molar-refractivity contribution in [3.05, 3.63) is 70.8 Å². The van der Waals surface area contributed by atoms with Crippen molar-refractivity contribution < 1.29 is 9.53 Å². The van der Waals surface area contributed by atoms with Gasteiger partial charge in [-0.15, -0.1) is 0 Å². The fourth-order valence-electron chi connectivity index (χ4n) is 3.74. The highest BCUT2D eigenvalue weighted by molar-refractivity contribution is 5.89. The number of ether oxygens (including phenoxy) is 1. The lowest BCUT2D eigenvalue weighted by Crippen LogP contribution is -2.31. The van der Waals surface area contributed by atoms with Crippen molar-refractivity contribution in [2.75, 3.05) is 13.2 Å². The van der Waals surface area contributed by atoms with Gasteiger partial charge in [0.05, 0.1) is 19.3 Å². The topological polar surface area (TPSA) is 65.2 Å². The van der Waals surface area contributed by atoms with Gasteiger partial charge in [-0.05, 0) is 12.5 Å². The molecule has 0 spiro atoms. The number of hydrogen-bond donors (Lipinski definition) is 0. The molecular weight excluding hydrogens is 354 g/mol. The monoisotopic (exact) mass is 379 g/mol. The molecular formula is C21H25N5O2. The van der Waals surface area contributed by atoms with E-state index in [0.717, 1.165) is 30.8 Å². The number of fused-ring (bicyclic) bond motifs is 1. The maximum atomic E-state index is 12.5. The molecule has 3 aromatic rings. The van der Waals surface area contributed by atoms with Gasteiger partial charge in [0.1, 0.15) is 0 Å². The van der Waals surface area contributed by atoms with Crippen LogP contribution in [0.15, 0.2) is 42.7 Å².